The summed E-state index contributed by atoms with van der Waals surface area (Å²) in [5, 5.41) is 4.28. The first-order valence-corrected chi connectivity index (χ1v) is 6.87. The fourth-order valence-corrected chi connectivity index (χ4v) is 2.90. The van der Waals surface area contributed by atoms with Crippen LogP contribution in [0.4, 0.5) is 5.69 Å². The highest BCUT2D eigenvalue weighted by atomic mass is 35.5. The van der Waals surface area contributed by atoms with Crippen molar-refractivity contribution >= 4 is 46.4 Å². The first-order valence-electron chi connectivity index (χ1n) is 5.74. The minimum atomic E-state index is 0.0644. The summed E-state index contributed by atoms with van der Waals surface area (Å²) in [4.78, 5) is 13.7. The highest BCUT2D eigenvalue weighted by Crippen LogP contribution is 2.33. The number of rotatable bonds is 3. The smallest absolute Gasteiger partial charge is 0.241 e. The number of carbonyl (C=O) groups excluding carboxylic acids is 1. The number of nitrogens with one attached hydrogen (secondary N) is 1. The van der Waals surface area contributed by atoms with Crippen molar-refractivity contribution in [1.82, 2.24) is 4.90 Å². The highest BCUT2D eigenvalue weighted by Gasteiger charge is 2.18. The zero-order valence-corrected chi connectivity index (χ0v) is 11.9. The minimum Gasteiger partial charge on any atom is -0.374 e. The van der Waals surface area contributed by atoms with Crippen LogP contribution in [-0.2, 0) is 4.79 Å². The maximum Gasteiger partial charge on any atom is 0.241 e. The summed E-state index contributed by atoms with van der Waals surface area (Å²) < 4.78 is 0. The molecule has 1 N–H and O–H groups in total. The highest BCUT2D eigenvalue weighted by molar-refractivity contribution is 6.41. The SMILES string of the molecule is O=C(CNc1c(Cl)cc(Cl)cc1Cl)N1CCCC1. The van der Waals surface area contributed by atoms with Crippen molar-refractivity contribution in [3.05, 3.63) is 27.2 Å². The Hall–Kier alpha value is -0.640. The average Bonchev–Trinajstić information content (AvgIpc) is 2.80. The summed E-state index contributed by atoms with van der Waals surface area (Å²) in [5.74, 6) is 0.0644. The lowest BCUT2D eigenvalue weighted by atomic mass is 10.3. The number of anilines is 1. The molecule has 0 radical (unpaired) electrons. The minimum absolute atomic E-state index is 0.0644. The van der Waals surface area contributed by atoms with Crippen molar-refractivity contribution < 1.29 is 4.79 Å². The van der Waals surface area contributed by atoms with Gasteiger partial charge in [-0.3, -0.25) is 4.79 Å². The number of amides is 1. The standard InChI is InChI=1S/C12H13Cl3N2O/c13-8-5-9(14)12(10(15)6-8)16-7-11(18)17-3-1-2-4-17/h5-6,16H,1-4,7H2. The number of hydrogen-bond donors (Lipinski definition) is 1. The number of nitrogens with zero attached hydrogens (tertiary/aromatic N) is 1. The quantitative estimate of drug-likeness (QED) is 0.924. The molecule has 1 aliphatic rings. The summed E-state index contributed by atoms with van der Waals surface area (Å²) in [6.07, 6.45) is 2.16. The molecule has 2 rings (SSSR count). The van der Waals surface area contributed by atoms with Gasteiger partial charge in [0, 0.05) is 18.1 Å². The van der Waals surface area contributed by atoms with E-state index in [1.165, 1.54) is 0 Å². The van der Waals surface area contributed by atoms with Crippen LogP contribution < -0.4 is 5.32 Å². The van der Waals surface area contributed by atoms with Gasteiger partial charge in [-0.1, -0.05) is 34.8 Å². The average molecular weight is 308 g/mol. The molecule has 0 saturated carbocycles. The summed E-state index contributed by atoms with van der Waals surface area (Å²) in [6.45, 7) is 1.87. The Morgan fingerprint density at radius 2 is 1.72 bits per heavy atom. The predicted molar refractivity (Wildman–Crippen MR) is 75.8 cm³/mol. The molecule has 1 saturated heterocycles. The molecule has 1 aromatic rings. The van der Waals surface area contributed by atoms with Gasteiger partial charge >= 0.3 is 0 Å². The second-order valence-electron chi connectivity index (χ2n) is 4.19. The lowest BCUT2D eigenvalue weighted by Crippen LogP contribution is -2.33. The van der Waals surface area contributed by atoms with Crippen molar-refractivity contribution in [1.29, 1.82) is 0 Å². The van der Waals surface area contributed by atoms with E-state index in [0.717, 1.165) is 25.9 Å². The maximum atomic E-state index is 11.9. The summed E-state index contributed by atoms with van der Waals surface area (Å²) in [5.41, 5.74) is 0.551. The van der Waals surface area contributed by atoms with Gasteiger partial charge < -0.3 is 10.2 Å². The molecule has 1 aliphatic heterocycles. The van der Waals surface area contributed by atoms with E-state index in [9.17, 15) is 4.79 Å². The molecule has 1 heterocycles. The number of carbonyl (C=O) groups is 1. The van der Waals surface area contributed by atoms with Crippen LogP contribution in [0.15, 0.2) is 12.1 Å². The molecule has 0 unspecified atom stereocenters. The molecule has 3 nitrogen and oxygen atoms in total. The first-order chi connectivity index (χ1) is 8.58. The first kappa shape index (κ1) is 13.8. The Kier molecular flexibility index (Phi) is 4.60. The number of benzene rings is 1. The largest absolute Gasteiger partial charge is 0.374 e. The Morgan fingerprint density at radius 3 is 2.28 bits per heavy atom. The van der Waals surface area contributed by atoms with Crippen molar-refractivity contribution in [2.45, 2.75) is 12.8 Å². The lowest BCUT2D eigenvalue weighted by Gasteiger charge is -2.17. The van der Waals surface area contributed by atoms with Gasteiger partial charge in [0.25, 0.3) is 0 Å². The van der Waals surface area contributed by atoms with Crippen LogP contribution in [0.25, 0.3) is 0 Å². The van der Waals surface area contributed by atoms with Gasteiger partial charge in [-0.15, -0.1) is 0 Å². The van der Waals surface area contributed by atoms with Crippen LogP contribution in [0.3, 0.4) is 0 Å². The fraction of sp³-hybridized carbons (Fsp3) is 0.417. The van der Waals surface area contributed by atoms with Crippen molar-refractivity contribution in [2.24, 2.45) is 0 Å². The fourth-order valence-electron chi connectivity index (χ4n) is 1.95. The molecule has 0 aliphatic carbocycles. The van der Waals surface area contributed by atoms with Gasteiger partial charge in [0.15, 0.2) is 0 Å². The van der Waals surface area contributed by atoms with Gasteiger partial charge in [0.2, 0.25) is 5.91 Å². The Balaban J connectivity index is 1.99. The van der Waals surface area contributed by atoms with Crippen LogP contribution in [0, 0.1) is 0 Å². The molecule has 98 valence electrons. The molecule has 1 aromatic carbocycles. The number of hydrogen-bond acceptors (Lipinski definition) is 2. The molecule has 1 amide bonds. The molecule has 0 bridgehead atoms. The molecule has 1 fully saturated rings. The maximum absolute atomic E-state index is 11.9. The molecule has 0 atom stereocenters. The van der Waals surface area contributed by atoms with E-state index < -0.39 is 0 Å². The van der Waals surface area contributed by atoms with Gasteiger partial charge in [-0.25, -0.2) is 0 Å². The van der Waals surface area contributed by atoms with E-state index >= 15 is 0 Å². The van der Waals surface area contributed by atoms with Gasteiger partial charge in [0.1, 0.15) is 0 Å². The zero-order valence-electron chi connectivity index (χ0n) is 9.68. The zero-order chi connectivity index (χ0) is 13.1. The molecule has 0 aromatic heterocycles. The van der Waals surface area contributed by atoms with Gasteiger partial charge in [0.05, 0.1) is 22.3 Å². The van der Waals surface area contributed by atoms with Gasteiger partial charge in [-0.2, -0.15) is 0 Å². The third-order valence-electron chi connectivity index (χ3n) is 2.88. The Morgan fingerprint density at radius 1 is 1.17 bits per heavy atom. The second kappa shape index (κ2) is 6.00. The predicted octanol–water partition coefficient (Wildman–Crippen LogP) is 3.68. The molecule has 0 spiro atoms. The topological polar surface area (TPSA) is 32.3 Å². The van der Waals surface area contributed by atoms with Crippen LogP contribution in [0.5, 0.6) is 0 Å². The van der Waals surface area contributed by atoms with E-state index in [-0.39, 0.29) is 12.5 Å². The van der Waals surface area contributed by atoms with Gasteiger partial charge in [-0.05, 0) is 25.0 Å². The monoisotopic (exact) mass is 306 g/mol. The van der Waals surface area contributed by atoms with Crippen molar-refractivity contribution in [3.63, 3.8) is 0 Å². The van der Waals surface area contributed by atoms with Crippen LogP contribution >= 0.6 is 34.8 Å². The third-order valence-corrected chi connectivity index (χ3v) is 3.70. The molecular weight excluding hydrogens is 295 g/mol. The van der Waals surface area contributed by atoms with E-state index in [1.807, 2.05) is 4.90 Å². The van der Waals surface area contributed by atoms with E-state index in [4.69, 9.17) is 34.8 Å². The second-order valence-corrected chi connectivity index (χ2v) is 5.44. The van der Waals surface area contributed by atoms with E-state index in [0.29, 0.717) is 20.8 Å². The van der Waals surface area contributed by atoms with Crippen molar-refractivity contribution in [2.75, 3.05) is 25.0 Å². The Labute approximate surface area is 121 Å². The molecule has 18 heavy (non-hydrogen) atoms. The van der Waals surface area contributed by atoms with Crippen LogP contribution in [0.2, 0.25) is 15.1 Å². The van der Waals surface area contributed by atoms with E-state index in [2.05, 4.69) is 5.32 Å². The summed E-state index contributed by atoms with van der Waals surface area (Å²) in [7, 11) is 0. The van der Waals surface area contributed by atoms with Crippen molar-refractivity contribution in [3.8, 4) is 0 Å². The molecular formula is C12H13Cl3N2O. The summed E-state index contributed by atoms with van der Waals surface area (Å²) in [6, 6.07) is 3.19. The van der Waals surface area contributed by atoms with Crippen LogP contribution in [-0.4, -0.2) is 30.4 Å². The molecule has 6 heteroatoms. The lowest BCUT2D eigenvalue weighted by molar-refractivity contribution is -0.128. The third kappa shape index (κ3) is 3.22. The Bertz CT molecular complexity index is 436. The number of halogens is 3. The normalized spacial score (nSPS) is 14.9. The van der Waals surface area contributed by atoms with Crippen LogP contribution in [0.1, 0.15) is 12.8 Å². The number of likely N-dealkylation sites (tertiary alicyclic amines) is 1. The van der Waals surface area contributed by atoms with E-state index in [1.54, 1.807) is 12.1 Å². The summed E-state index contributed by atoms with van der Waals surface area (Å²) >= 11 is 17.9.